The van der Waals surface area contributed by atoms with E-state index in [2.05, 4.69) is 10.3 Å². The average molecular weight is 422 g/mol. The van der Waals surface area contributed by atoms with E-state index in [0.29, 0.717) is 54.0 Å². The van der Waals surface area contributed by atoms with Gasteiger partial charge in [-0.1, -0.05) is 0 Å². The van der Waals surface area contributed by atoms with Crippen LogP contribution in [0, 0.1) is 5.82 Å². The van der Waals surface area contributed by atoms with Crippen molar-refractivity contribution < 1.29 is 14.0 Å². The second-order valence-electron chi connectivity index (χ2n) is 7.65. The number of carbonyl (C=O) groups is 2. The van der Waals surface area contributed by atoms with Gasteiger partial charge in [0.1, 0.15) is 5.82 Å². The van der Waals surface area contributed by atoms with Crippen molar-refractivity contribution in [1.82, 2.24) is 9.88 Å². The van der Waals surface area contributed by atoms with E-state index in [4.69, 9.17) is 0 Å². The number of benzene rings is 2. The number of Topliss-reactive ketones (excluding diaryl/α,β-unsaturated/α-hetero) is 1. The molecule has 0 aliphatic carbocycles. The molecule has 0 saturated carbocycles. The van der Waals surface area contributed by atoms with Gasteiger partial charge in [-0.3, -0.25) is 19.3 Å². The van der Waals surface area contributed by atoms with E-state index in [0.717, 1.165) is 0 Å². The Balaban J connectivity index is 1.37. The van der Waals surface area contributed by atoms with Gasteiger partial charge in [0, 0.05) is 48.9 Å². The number of fused-ring (bicyclic) bond motifs is 1. The SMILES string of the molecule is CC(=O)c1ccc(NC(=O)CN2CCN(c3cc(=O)[nH]c4ccc(F)cc34)CC2)cc1. The van der Waals surface area contributed by atoms with Gasteiger partial charge in [-0.25, -0.2) is 4.39 Å². The number of amides is 1. The quantitative estimate of drug-likeness (QED) is 0.618. The number of H-pyrrole nitrogens is 1. The molecule has 1 aliphatic rings. The fourth-order valence-corrected chi connectivity index (χ4v) is 3.81. The summed E-state index contributed by atoms with van der Waals surface area (Å²) in [5.41, 5.74) is 2.31. The molecule has 1 saturated heterocycles. The van der Waals surface area contributed by atoms with Crippen LogP contribution >= 0.6 is 0 Å². The van der Waals surface area contributed by atoms with Crippen LogP contribution in [0.15, 0.2) is 53.3 Å². The van der Waals surface area contributed by atoms with Crippen molar-refractivity contribution >= 4 is 34.0 Å². The Hall–Kier alpha value is -3.52. The van der Waals surface area contributed by atoms with Gasteiger partial charge in [-0.15, -0.1) is 0 Å². The summed E-state index contributed by atoms with van der Waals surface area (Å²) >= 11 is 0. The molecule has 0 bridgehead atoms. The van der Waals surface area contributed by atoms with Crippen LogP contribution in [0.25, 0.3) is 10.9 Å². The molecule has 1 amide bonds. The van der Waals surface area contributed by atoms with Crippen molar-refractivity contribution in [3.8, 4) is 0 Å². The summed E-state index contributed by atoms with van der Waals surface area (Å²) in [7, 11) is 0. The van der Waals surface area contributed by atoms with Gasteiger partial charge in [0.25, 0.3) is 0 Å². The molecule has 2 heterocycles. The standard InChI is InChI=1S/C23H23FN4O3/c1-15(29)16-2-5-18(6-3-16)25-23(31)14-27-8-10-28(11-9-27)21-13-22(30)26-20-7-4-17(24)12-19(20)21/h2-7,12-13H,8-11,14H2,1H3,(H,25,31)(H,26,30). The number of aromatic nitrogens is 1. The number of aromatic amines is 1. The van der Waals surface area contributed by atoms with E-state index in [-0.39, 0.29) is 29.6 Å². The van der Waals surface area contributed by atoms with E-state index in [1.54, 1.807) is 30.3 Å². The number of halogens is 1. The minimum atomic E-state index is -0.354. The third-order valence-corrected chi connectivity index (χ3v) is 5.44. The fraction of sp³-hybridized carbons (Fsp3) is 0.261. The largest absolute Gasteiger partial charge is 0.368 e. The molecule has 0 atom stereocenters. The molecule has 0 radical (unpaired) electrons. The molecular formula is C23H23FN4O3. The predicted molar refractivity (Wildman–Crippen MR) is 118 cm³/mol. The van der Waals surface area contributed by atoms with Crippen LogP contribution in [0.3, 0.4) is 0 Å². The molecule has 1 fully saturated rings. The van der Waals surface area contributed by atoms with Gasteiger partial charge in [0.15, 0.2) is 5.78 Å². The van der Waals surface area contributed by atoms with Crippen molar-refractivity contribution in [3.63, 3.8) is 0 Å². The second-order valence-corrected chi connectivity index (χ2v) is 7.65. The first-order chi connectivity index (χ1) is 14.9. The summed E-state index contributed by atoms with van der Waals surface area (Å²) in [4.78, 5) is 42.6. The molecule has 0 spiro atoms. The number of hydrogen-bond acceptors (Lipinski definition) is 5. The maximum atomic E-state index is 13.8. The number of ketones is 1. The zero-order valence-electron chi connectivity index (χ0n) is 17.2. The summed E-state index contributed by atoms with van der Waals surface area (Å²) in [6.45, 7) is 4.26. The maximum absolute atomic E-state index is 13.8. The Morgan fingerprint density at radius 1 is 1.03 bits per heavy atom. The Morgan fingerprint density at radius 3 is 2.42 bits per heavy atom. The van der Waals surface area contributed by atoms with Gasteiger partial charge >= 0.3 is 0 Å². The highest BCUT2D eigenvalue weighted by atomic mass is 19.1. The van der Waals surface area contributed by atoms with Crippen molar-refractivity contribution in [2.24, 2.45) is 0 Å². The number of carbonyl (C=O) groups excluding carboxylic acids is 2. The topological polar surface area (TPSA) is 85.5 Å². The molecule has 31 heavy (non-hydrogen) atoms. The van der Waals surface area contributed by atoms with Gasteiger partial charge in [-0.05, 0) is 49.4 Å². The van der Waals surface area contributed by atoms with E-state index in [1.165, 1.54) is 25.1 Å². The summed E-state index contributed by atoms with van der Waals surface area (Å²) in [6.07, 6.45) is 0. The van der Waals surface area contributed by atoms with Gasteiger partial charge in [-0.2, -0.15) is 0 Å². The molecule has 1 aliphatic heterocycles. The molecule has 0 unspecified atom stereocenters. The molecule has 2 N–H and O–H groups in total. The number of pyridine rings is 1. The normalized spacial score (nSPS) is 14.6. The van der Waals surface area contributed by atoms with Crippen LogP contribution in [0.4, 0.5) is 15.8 Å². The minimum absolute atomic E-state index is 0.0216. The van der Waals surface area contributed by atoms with Crippen LogP contribution in [0.5, 0.6) is 0 Å². The minimum Gasteiger partial charge on any atom is -0.368 e. The molecule has 7 nitrogen and oxygen atoms in total. The maximum Gasteiger partial charge on any atom is 0.250 e. The first kappa shape index (κ1) is 20.7. The number of rotatable bonds is 5. The first-order valence-corrected chi connectivity index (χ1v) is 10.1. The molecular weight excluding hydrogens is 399 g/mol. The van der Waals surface area contributed by atoms with Gasteiger partial charge < -0.3 is 15.2 Å². The summed E-state index contributed by atoms with van der Waals surface area (Å²) in [6, 6.07) is 12.6. The first-order valence-electron chi connectivity index (χ1n) is 10.1. The number of piperazine rings is 1. The van der Waals surface area contributed by atoms with Crippen LogP contribution < -0.4 is 15.8 Å². The summed E-state index contributed by atoms with van der Waals surface area (Å²) < 4.78 is 13.8. The molecule has 3 aromatic rings. The predicted octanol–water partition coefficient (Wildman–Crippen LogP) is 2.63. The van der Waals surface area contributed by atoms with Crippen LogP contribution in [0.1, 0.15) is 17.3 Å². The third-order valence-electron chi connectivity index (χ3n) is 5.44. The van der Waals surface area contributed by atoms with Gasteiger partial charge in [0.05, 0.1) is 17.7 Å². The summed E-state index contributed by atoms with van der Waals surface area (Å²) in [5, 5.41) is 3.51. The zero-order chi connectivity index (χ0) is 22.0. The van der Waals surface area contributed by atoms with Crippen molar-refractivity contribution in [2.45, 2.75) is 6.92 Å². The molecule has 8 heteroatoms. The lowest BCUT2D eigenvalue weighted by Gasteiger charge is -2.36. The lowest BCUT2D eigenvalue weighted by atomic mass is 10.1. The van der Waals surface area contributed by atoms with Crippen LogP contribution in [-0.4, -0.2) is 54.3 Å². The fourth-order valence-electron chi connectivity index (χ4n) is 3.81. The lowest BCUT2D eigenvalue weighted by Crippen LogP contribution is -2.49. The Kier molecular flexibility index (Phi) is 5.81. The average Bonchev–Trinajstić information content (AvgIpc) is 2.74. The highest BCUT2D eigenvalue weighted by molar-refractivity contribution is 5.96. The van der Waals surface area contributed by atoms with Crippen LogP contribution in [0.2, 0.25) is 0 Å². The number of anilines is 2. The number of hydrogen-bond donors (Lipinski definition) is 2. The molecule has 4 rings (SSSR count). The monoisotopic (exact) mass is 422 g/mol. The van der Waals surface area contributed by atoms with Crippen molar-refractivity contribution in [1.29, 1.82) is 0 Å². The zero-order valence-corrected chi connectivity index (χ0v) is 17.2. The second kappa shape index (κ2) is 8.69. The Labute approximate surface area is 178 Å². The smallest absolute Gasteiger partial charge is 0.250 e. The van der Waals surface area contributed by atoms with E-state index >= 15 is 0 Å². The lowest BCUT2D eigenvalue weighted by molar-refractivity contribution is -0.117. The number of nitrogens with one attached hydrogen (secondary N) is 2. The third kappa shape index (κ3) is 4.80. The van der Waals surface area contributed by atoms with E-state index in [9.17, 15) is 18.8 Å². The van der Waals surface area contributed by atoms with E-state index < -0.39 is 0 Å². The summed E-state index contributed by atoms with van der Waals surface area (Å²) in [5.74, 6) is -0.508. The van der Waals surface area contributed by atoms with Crippen molar-refractivity contribution in [2.75, 3.05) is 42.9 Å². The highest BCUT2D eigenvalue weighted by Gasteiger charge is 2.21. The number of nitrogens with zero attached hydrogens (tertiary/aromatic N) is 2. The van der Waals surface area contributed by atoms with Crippen molar-refractivity contribution in [3.05, 3.63) is 70.3 Å². The Morgan fingerprint density at radius 2 is 1.74 bits per heavy atom. The van der Waals surface area contributed by atoms with Gasteiger partial charge in [0.2, 0.25) is 11.5 Å². The molecule has 2 aromatic carbocycles. The molecule has 160 valence electrons. The Bertz CT molecular complexity index is 1180. The van der Waals surface area contributed by atoms with E-state index in [1.807, 2.05) is 9.80 Å². The van der Waals surface area contributed by atoms with Crippen LogP contribution in [-0.2, 0) is 4.79 Å². The highest BCUT2D eigenvalue weighted by Crippen LogP contribution is 2.25. The molecule has 1 aromatic heterocycles.